The molecule has 3 N–H and O–H groups in total. The number of nitrogens with two attached hydrogens (primary N) is 1. The van der Waals surface area contributed by atoms with Crippen molar-refractivity contribution >= 4 is 16.5 Å². The zero-order valence-electron chi connectivity index (χ0n) is 9.65. The fourth-order valence-electron chi connectivity index (χ4n) is 2.34. The van der Waals surface area contributed by atoms with E-state index in [4.69, 9.17) is 5.84 Å². The lowest BCUT2D eigenvalue weighted by molar-refractivity contribution is 0.134. The summed E-state index contributed by atoms with van der Waals surface area (Å²) in [4.78, 5) is 2.50. The summed E-state index contributed by atoms with van der Waals surface area (Å²) in [5.41, 5.74) is 3.64. The molecule has 1 aromatic heterocycles. The highest BCUT2D eigenvalue weighted by molar-refractivity contribution is 7.10. The molecule has 0 spiro atoms. The van der Waals surface area contributed by atoms with Crippen molar-refractivity contribution in [2.24, 2.45) is 5.84 Å². The molecule has 90 valence electrons. The van der Waals surface area contributed by atoms with Crippen LogP contribution in [-0.2, 0) is 6.54 Å². The Morgan fingerprint density at radius 1 is 1.56 bits per heavy atom. The van der Waals surface area contributed by atoms with Crippen LogP contribution in [0.1, 0.15) is 38.3 Å². The summed E-state index contributed by atoms with van der Waals surface area (Å²) in [5.74, 6) is 5.43. The van der Waals surface area contributed by atoms with Crippen LogP contribution in [0.3, 0.4) is 0 Å². The van der Waals surface area contributed by atoms with E-state index in [-0.39, 0.29) is 0 Å². The molecule has 6 heteroatoms. The largest absolute Gasteiger partial charge is 0.313 e. The monoisotopic (exact) mass is 241 g/mol. The van der Waals surface area contributed by atoms with E-state index < -0.39 is 0 Å². The number of hydrogen-bond acceptors (Lipinski definition) is 6. The van der Waals surface area contributed by atoms with E-state index in [1.807, 2.05) is 0 Å². The lowest BCUT2D eigenvalue weighted by Gasteiger charge is -2.34. The number of aromatic nitrogens is 2. The zero-order valence-corrected chi connectivity index (χ0v) is 10.5. The molecule has 5 nitrogen and oxygen atoms in total. The Bertz CT molecular complexity index is 327. The van der Waals surface area contributed by atoms with Crippen molar-refractivity contribution in [3.63, 3.8) is 0 Å². The summed E-state index contributed by atoms with van der Waals surface area (Å²) >= 11 is 1.32. The Kier molecular flexibility index (Phi) is 4.09. The molecule has 1 fully saturated rings. The number of hydrazine groups is 1. The van der Waals surface area contributed by atoms with Crippen molar-refractivity contribution < 1.29 is 0 Å². The maximum Gasteiger partial charge on any atom is 0.148 e. The molecule has 16 heavy (non-hydrogen) atoms. The van der Waals surface area contributed by atoms with Crippen LogP contribution in [0.4, 0.5) is 5.00 Å². The van der Waals surface area contributed by atoms with Gasteiger partial charge in [-0.25, -0.2) is 5.84 Å². The molecule has 2 heterocycles. The van der Waals surface area contributed by atoms with Crippen LogP contribution in [0.2, 0.25) is 0 Å². The number of nitrogen functional groups attached to an aromatic ring is 1. The van der Waals surface area contributed by atoms with Crippen LogP contribution in [0, 0.1) is 0 Å². The lowest BCUT2D eigenvalue weighted by Crippen LogP contribution is -2.38. The fraction of sp³-hybridized carbons (Fsp3) is 0.800. The van der Waals surface area contributed by atoms with E-state index in [9.17, 15) is 0 Å². The molecule has 1 saturated heterocycles. The number of hydrogen-bond donors (Lipinski definition) is 2. The molecular weight excluding hydrogens is 222 g/mol. The minimum atomic E-state index is 0.695. The Labute approximate surface area is 100 Å². The Hall–Kier alpha value is -0.720. The number of nitrogens with one attached hydrogen (secondary N) is 1. The minimum Gasteiger partial charge on any atom is -0.313 e. The number of piperidine rings is 1. The summed E-state index contributed by atoms with van der Waals surface area (Å²) in [6.45, 7) is 4.29. The average molecular weight is 241 g/mol. The second-order valence-corrected chi connectivity index (χ2v) is 4.98. The van der Waals surface area contributed by atoms with Gasteiger partial charge in [-0.05, 0) is 25.8 Å². The molecule has 0 aromatic carbocycles. The molecule has 0 amide bonds. The number of anilines is 1. The molecule has 1 atom stereocenters. The normalized spacial score (nSPS) is 22.2. The quantitative estimate of drug-likeness (QED) is 0.619. The molecule has 1 aliphatic rings. The molecule has 0 bridgehead atoms. The Balaban J connectivity index is 2.02. The van der Waals surface area contributed by atoms with Crippen LogP contribution < -0.4 is 11.3 Å². The van der Waals surface area contributed by atoms with Gasteiger partial charge in [0.15, 0.2) is 0 Å². The molecule has 0 aliphatic carbocycles. The van der Waals surface area contributed by atoms with E-state index in [1.54, 1.807) is 0 Å². The van der Waals surface area contributed by atoms with Crippen molar-refractivity contribution in [3.8, 4) is 0 Å². The fourth-order valence-corrected chi connectivity index (χ4v) is 2.83. The predicted octanol–water partition coefficient (Wildman–Crippen LogP) is 1.59. The topological polar surface area (TPSA) is 67.1 Å². The van der Waals surface area contributed by atoms with Crippen LogP contribution in [0.25, 0.3) is 0 Å². The lowest BCUT2D eigenvalue weighted by atomic mass is 10.00. The second kappa shape index (κ2) is 5.56. The van der Waals surface area contributed by atoms with E-state index in [0.717, 1.165) is 17.2 Å². The highest BCUT2D eigenvalue weighted by Gasteiger charge is 2.22. The van der Waals surface area contributed by atoms with E-state index in [2.05, 4.69) is 26.8 Å². The van der Waals surface area contributed by atoms with Gasteiger partial charge in [-0.3, -0.25) is 4.90 Å². The van der Waals surface area contributed by atoms with Gasteiger partial charge in [-0.15, -0.1) is 5.10 Å². The molecular formula is C10H19N5S. The standard InChI is InChI=1S/C10H19N5S/c1-2-8-5-3-4-6-15(8)7-9-10(12-11)16-14-13-9/h8,12H,2-7,11H2,1H3. The maximum absolute atomic E-state index is 5.43. The third-order valence-electron chi connectivity index (χ3n) is 3.26. The van der Waals surface area contributed by atoms with E-state index in [1.165, 1.54) is 43.8 Å². The van der Waals surface area contributed by atoms with Crippen molar-refractivity contribution in [1.29, 1.82) is 0 Å². The van der Waals surface area contributed by atoms with E-state index in [0.29, 0.717) is 6.04 Å². The SMILES string of the molecule is CCC1CCCCN1Cc1nnsc1NN. The number of nitrogens with zero attached hydrogens (tertiary/aromatic N) is 3. The number of rotatable bonds is 4. The van der Waals surface area contributed by atoms with Gasteiger partial charge in [0.05, 0.1) is 0 Å². The average Bonchev–Trinajstić information content (AvgIpc) is 2.77. The van der Waals surface area contributed by atoms with Crippen molar-refractivity contribution in [2.45, 2.75) is 45.2 Å². The van der Waals surface area contributed by atoms with Gasteiger partial charge in [0.1, 0.15) is 10.7 Å². The first-order valence-electron chi connectivity index (χ1n) is 5.87. The van der Waals surface area contributed by atoms with Gasteiger partial charge in [0.2, 0.25) is 0 Å². The first-order chi connectivity index (χ1) is 7.85. The van der Waals surface area contributed by atoms with Gasteiger partial charge in [0, 0.05) is 24.1 Å². The minimum absolute atomic E-state index is 0.695. The summed E-state index contributed by atoms with van der Waals surface area (Å²) in [5, 5.41) is 5.02. The Morgan fingerprint density at radius 2 is 2.44 bits per heavy atom. The highest BCUT2D eigenvalue weighted by atomic mass is 32.1. The summed E-state index contributed by atoms with van der Waals surface area (Å²) < 4.78 is 3.93. The van der Waals surface area contributed by atoms with Crippen LogP contribution in [0.15, 0.2) is 0 Å². The maximum atomic E-state index is 5.43. The van der Waals surface area contributed by atoms with Gasteiger partial charge < -0.3 is 5.43 Å². The van der Waals surface area contributed by atoms with Gasteiger partial charge in [0.25, 0.3) is 0 Å². The van der Waals surface area contributed by atoms with Crippen LogP contribution in [0.5, 0.6) is 0 Å². The first-order valence-corrected chi connectivity index (χ1v) is 6.64. The molecule has 1 unspecified atom stereocenters. The third-order valence-corrected chi connectivity index (χ3v) is 3.96. The highest BCUT2D eigenvalue weighted by Crippen LogP contribution is 2.24. The van der Waals surface area contributed by atoms with Crippen molar-refractivity contribution in [3.05, 3.63) is 5.69 Å². The van der Waals surface area contributed by atoms with Gasteiger partial charge in [-0.2, -0.15) is 0 Å². The Morgan fingerprint density at radius 3 is 3.19 bits per heavy atom. The number of likely N-dealkylation sites (tertiary alicyclic amines) is 1. The van der Waals surface area contributed by atoms with Gasteiger partial charge >= 0.3 is 0 Å². The molecule has 2 rings (SSSR count). The van der Waals surface area contributed by atoms with Crippen LogP contribution >= 0.6 is 11.5 Å². The smallest absolute Gasteiger partial charge is 0.148 e. The molecule has 0 radical (unpaired) electrons. The molecule has 1 aromatic rings. The second-order valence-electron chi connectivity index (χ2n) is 4.22. The molecule has 0 saturated carbocycles. The summed E-state index contributed by atoms with van der Waals surface area (Å²) in [7, 11) is 0. The zero-order chi connectivity index (χ0) is 11.4. The summed E-state index contributed by atoms with van der Waals surface area (Å²) in [6, 6.07) is 0.695. The first kappa shape index (κ1) is 11.8. The molecule has 1 aliphatic heterocycles. The van der Waals surface area contributed by atoms with E-state index >= 15 is 0 Å². The van der Waals surface area contributed by atoms with Crippen molar-refractivity contribution in [2.75, 3.05) is 12.0 Å². The van der Waals surface area contributed by atoms with Crippen LogP contribution in [-0.4, -0.2) is 27.1 Å². The third kappa shape index (κ3) is 2.50. The predicted molar refractivity (Wildman–Crippen MR) is 66.1 cm³/mol. The van der Waals surface area contributed by atoms with Gasteiger partial charge in [-0.1, -0.05) is 17.8 Å². The summed E-state index contributed by atoms with van der Waals surface area (Å²) in [6.07, 6.45) is 5.16. The van der Waals surface area contributed by atoms with Crippen molar-refractivity contribution in [1.82, 2.24) is 14.5 Å².